The summed E-state index contributed by atoms with van der Waals surface area (Å²) in [5.41, 5.74) is 1.83. The zero-order valence-corrected chi connectivity index (χ0v) is 12.0. The van der Waals surface area contributed by atoms with Gasteiger partial charge in [-0.25, -0.2) is 4.39 Å². The number of halogens is 1. The van der Waals surface area contributed by atoms with Crippen molar-refractivity contribution in [3.8, 4) is 0 Å². The molecule has 2 amide bonds. The molecule has 0 aliphatic carbocycles. The molecule has 0 spiro atoms. The van der Waals surface area contributed by atoms with Crippen molar-refractivity contribution in [1.82, 2.24) is 5.32 Å². The number of rotatable bonds is 4. The van der Waals surface area contributed by atoms with Crippen LogP contribution in [0.25, 0.3) is 6.08 Å². The Bertz CT molecular complexity index is 692. The van der Waals surface area contributed by atoms with Crippen molar-refractivity contribution < 1.29 is 14.0 Å². The second kappa shape index (κ2) is 7.17. The van der Waals surface area contributed by atoms with E-state index in [2.05, 4.69) is 10.6 Å². The van der Waals surface area contributed by atoms with Crippen LogP contribution in [0.5, 0.6) is 0 Å². The molecular weight excluding hydrogens is 283 g/mol. The standard InChI is InChI=1S/C17H15FN2O2/c1-19-17(22)13-5-9-15(10-6-13)20-16(21)11-4-12-2-7-14(18)8-3-12/h2-11H,1H3,(H,19,22)(H,20,21). The number of hydrogen-bond acceptors (Lipinski definition) is 2. The summed E-state index contributed by atoms with van der Waals surface area (Å²) in [6, 6.07) is 12.4. The molecule has 22 heavy (non-hydrogen) atoms. The minimum absolute atomic E-state index is 0.186. The third-order valence-corrected chi connectivity index (χ3v) is 2.94. The van der Waals surface area contributed by atoms with E-state index < -0.39 is 0 Å². The van der Waals surface area contributed by atoms with Crippen molar-refractivity contribution in [2.75, 3.05) is 12.4 Å². The number of nitrogens with one attached hydrogen (secondary N) is 2. The SMILES string of the molecule is CNC(=O)c1ccc(NC(=O)C=Cc2ccc(F)cc2)cc1. The van der Waals surface area contributed by atoms with Crippen LogP contribution in [0.1, 0.15) is 15.9 Å². The lowest BCUT2D eigenvalue weighted by Crippen LogP contribution is -2.17. The Hall–Kier alpha value is -2.95. The van der Waals surface area contributed by atoms with Crippen LogP contribution in [0.4, 0.5) is 10.1 Å². The maximum atomic E-state index is 12.8. The molecule has 0 radical (unpaired) electrons. The fourth-order valence-corrected chi connectivity index (χ4v) is 1.78. The van der Waals surface area contributed by atoms with Crippen molar-refractivity contribution in [3.05, 3.63) is 71.6 Å². The van der Waals surface area contributed by atoms with Crippen LogP contribution in [0.3, 0.4) is 0 Å². The van der Waals surface area contributed by atoms with E-state index in [0.29, 0.717) is 11.3 Å². The average Bonchev–Trinajstić information content (AvgIpc) is 2.54. The second-order valence-electron chi connectivity index (χ2n) is 4.53. The van der Waals surface area contributed by atoms with E-state index in [4.69, 9.17) is 0 Å². The molecule has 2 N–H and O–H groups in total. The third-order valence-electron chi connectivity index (χ3n) is 2.94. The first-order valence-electron chi connectivity index (χ1n) is 6.65. The van der Waals surface area contributed by atoms with Gasteiger partial charge in [0.05, 0.1) is 0 Å². The molecule has 112 valence electrons. The fourth-order valence-electron chi connectivity index (χ4n) is 1.78. The highest BCUT2D eigenvalue weighted by Crippen LogP contribution is 2.10. The van der Waals surface area contributed by atoms with Gasteiger partial charge in [-0.05, 0) is 48.0 Å². The molecule has 0 aliphatic rings. The molecule has 0 saturated carbocycles. The van der Waals surface area contributed by atoms with E-state index >= 15 is 0 Å². The van der Waals surface area contributed by atoms with Gasteiger partial charge in [0.1, 0.15) is 5.82 Å². The van der Waals surface area contributed by atoms with E-state index in [-0.39, 0.29) is 17.6 Å². The Morgan fingerprint density at radius 2 is 1.64 bits per heavy atom. The summed E-state index contributed by atoms with van der Waals surface area (Å²) in [5, 5.41) is 5.20. The molecular formula is C17H15FN2O2. The maximum absolute atomic E-state index is 12.8. The predicted molar refractivity (Wildman–Crippen MR) is 83.9 cm³/mol. The number of carbonyl (C=O) groups excluding carboxylic acids is 2. The molecule has 5 heteroatoms. The minimum atomic E-state index is -0.321. The number of anilines is 1. The number of benzene rings is 2. The van der Waals surface area contributed by atoms with E-state index in [9.17, 15) is 14.0 Å². The van der Waals surface area contributed by atoms with Crippen LogP contribution >= 0.6 is 0 Å². The number of hydrogen-bond donors (Lipinski definition) is 2. The Kier molecular flexibility index (Phi) is 5.03. The molecule has 0 unspecified atom stereocenters. The molecule has 0 bridgehead atoms. The van der Waals surface area contributed by atoms with Gasteiger partial charge < -0.3 is 10.6 Å². The van der Waals surface area contributed by atoms with Crippen LogP contribution in [-0.2, 0) is 4.79 Å². The monoisotopic (exact) mass is 298 g/mol. The van der Waals surface area contributed by atoms with E-state index in [1.807, 2.05) is 0 Å². The van der Waals surface area contributed by atoms with E-state index in [0.717, 1.165) is 5.56 Å². The zero-order chi connectivity index (χ0) is 15.9. The summed E-state index contributed by atoms with van der Waals surface area (Å²) >= 11 is 0. The van der Waals surface area contributed by atoms with Gasteiger partial charge in [-0.1, -0.05) is 12.1 Å². The van der Waals surface area contributed by atoms with Crippen molar-refractivity contribution in [2.24, 2.45) is 0 Å². The van der Waals surface area contributed by atoms with Gasteiger partial charge in [0.15, 0.2) is 0 Å². The summed E-state index contributed by atoms with van der Waals surface area (Å²) in [6.07, 6.45) is 2.95. The Labute approximate surface area is 127 Å². The topological polar surface area (TPSA) is 58.2 Å². The molecule has 0 saturated heterocycles. The first kappa shape index (κ1) is 15.4. The predicted octanol–water partition coefficient (Wildman–Crippen LogP) is 2.84. The molecule has 2 aromatic rings. The first-order chi connectivity index (χ1) is 10.6. The Morgan fingerprint density at radius 1 is 1.00 bits per heavy atom. The summed E-state index contributed by atoms with van der Waals surface area (Å²) in [5.74, 6) is -0.816. The highest BCUT2D eigenvalue weighted by Gasteiger charge is 2.03. The zero-order valence-electron chi connectivity index (χ0n) is 12.0. The van der Waals surface area contributed by atoms with Crippen molar-refractivity contribution in [1.29, 1.82) is 0 Å². The largest absolute Gasteiger partial charge is 0.355 e. The van der Waals surface area contributed by atoms with Crippen molar-refractivity contribution in [3.63, 3.8) is 0 Å². The summed E-state index contributed by atoms with van der Waals surface area (Å²) in [6.45, 7) is 0. The minimum Gasteiger partial charge on any atom is -0.355 e. The van der Waals surface area contributed by atoms with Gasteiger partial charge in [-0.3, -0.25) is 9.59 Å². The smallest absolute Gasteiger partial charge is 0.251 e. The third kappa shape index (κ3) is 4.28. The van der Waals surface area contributed by atoms with Gasteiger partial charge >= 0.3 is 0 Å². The van der Waals surface area contributed by atoms with E-state index in [1.54, 1.807) is 49.5 Å². The molecule has 0 heterocycles. The summed E-state index contributed by atoms with van der Waals surface area (Å²) < 4.78 is 12.8. The number of amides is 2. The van der Waals surface area contributed by atoms with Crippen LogP contribution in [0.15, 0.2) is 54.6 Å². The molecule has 0 atom stereocenters. The maximum Gasteiger partial charge on any atom is 0.251 e. The average molecular weight is 298 g/mol. The highest BCUT2D eigenvalue weighted by atomic mass is 19.1. The van der Waals surface area contributed by atoms with Crippen LogP contribution in [0, 0.1) is 5.82 Å². The molecule has 4 nitrogen and oxygen atoms in total. The van der Waals surface area contributed by atoms with Gasteiger partial charge in [-0.2, -0.15) is 0 Å². The lowest BCUT2D eigenvalue weighted by molar-refractivity contribution is -0.111. The lowest BCUT2D eigenvalue weighted by atomic mass is 10.2. The normalized spacial score (nSPS) is 10.5. The first-order valence-corrected chi connectivity index (χ1v) is 6.65. The molecule has 0 aliphatic heterocycles. The summed E-state index contributed by atoms with van der Waals surface area (Å²) in [4.78, 5) is 23.2. The van der Waals surface area contributed by atoms with Gasteiger partial charge in [0.2, 0.25) is 5.91 Å². The quantitative estimate of drug-likeness (QED) is 0.853. The van der Waals surface area contributed by atoms with Crippen LogP contribution in [0.2, 0.25) is 0 Å². The molecule has 0 aromatic heterocycles. The lowest BCUT2D eigenvalue weighted by Gasteiger charge is -2.04. The summed E-state index contributed by atoms with van der Waals surface area (Å²) in [7, 11) is 1.55. The van der Waals surface area contributed by atoms with Crippen LogP contribution in [-0.4, -0.2) is 18.9 Å². The second-order valence-corrected chi connectivity index (χ2v) is 4.53. The molecule has 0 fully saturated rings. The van der Waals surface area contributed by atoms with Crippen molar-refractivity contribution in [2.45, 2.75) is 0 Å². The fraction of sp³-hybridized carbons (Fsp3) is 0.0588. The number of carbonyl (C=O) groups is 2. The molecule has 2 aromatic carbocycles. The van der Waals surface area contributed by atoms with Gasteiger partial charge in [-0.15, -0.1) is 0 Å². The Morgan fingerprint density at radius 3 is 2.23 bits per heavy atom. The van der Waals surface area contributed by atoms with Crippen molar-refractivity contribution >= 4 is 23.6 Å². The van der Waals surface area contributed by atoms with Crippen LogP contribution < -0.4 is 10.6 Å². The molecule has 2 rings (SSSR count). The van der Waals surface area contributed by atoms with E-state index in [1.165, 1.54) is 18.2 Å². The Balaban J connectivity index is 1.97. The highest BCUT2D eigenvalue weighted by molar-refractivity contribution is 6.02. The van der Waals surface area contributed by atoms with Gasteiger partial charge in [0, 0.05) is 24.4 Å². The van der Waals surface area contributed by atoms with Gasteiger partial charge in [0.25, 0.3) is 5.91 Å².